The Morgan fingerprint density at radius 3 is 2.64 bits per heavy atom. The molecule has 0 bridgehead atoms. The van der Waals surface area contributed by atoms with Gasteiger partial charge >= 0.3 is 0 Å². The van der Waals surface area contributed by atoms with Gasteiger partial charge in [0.1, 0.15) is 0 Å². The molecule has 0 aromatic carbocycles. The molecule has 1 aliphatic carbocycles. The van der Waals surface area contributed by atoms with Gasteiger partial charge in [-0.3, -0.25) is 0 Å². The highest BCUT2D eigenvalue weighted by atomic mass is 15.1. The van der Waals surface area contributed by atoms with E-state index < -0.39 is 0 Å². The molecule has 0 radical (unpaired) electrons. The second kappa shape index (κ2) is 2.78. The average molecular weight is 153 g/mol. The van der Waals surface area contributed by atoms with Gasteiger partial charge in [0.25, 0.3) is 0 Å². The van der Waals surface area contributed by atoms with E-state index in [0.29, 0.717) is 5.54 Å². The molecule has 1 spiro atoms. The fourth-order valence-electron chi connectivity index (χ4n) is 2.91. The molecule has 1 saturated heterocycles. The summed E-state index contributed by atoms with van der Waals surface area (Å²) in [4.78, 5) is 0. The van der Waals surface area contributed by atoms with Crippen LogP contribution < -0.4 is 5.32 Å². The van der Waals surface area contributed by atoms with Crippen LogP contribution in [0.25, 0.3) is 0 Å². The van der Waals surface area contributed by atoms with Gasteiger partial charge < -0.3 is 5.32 Å². The second-order valence-electron chi connectivity index (χ2n) is 4.18. The van der Waals surface area contributed by atoms with Crippen molar-refractivity contribution in [2.75, 3.05) is 6.54 Å². The molecule has 1 aliphatic heterocycles. The van der Waals surface area contributed by atoms with Crippen LogP contribution in [0.3, 0.4) is 0 Å². The zero-order chi connectivity index (χ0) is 7.73. The van der Waals surface area contributed by atoms with Crippen LogP contribution in [-0.2, 0) is 0 Å². The van der Waals surface area contributed by atoms with Gasteiger partial charge in [0.2, 0.25) is 0 Å². The fourth-order valence-corrected chi connectivity index (χ4v) is 2.91. The zero-order valence-corrected chi connectivity index (χ0v) is 7.53. The topological polar surface area (TPSA) is 12.0 Å². The van der Waals surface area contributed by atoms with Crippen molar-refractivity contribution in [3.8, 4) is 0 Å². The Morgan fingerprint density at radius 2 is 2.18 bits per heavy atom. The quantitative estimate of drug-likeness (QED) is 0.609. The minimum Gasteiger partial charge on any atom is -0.311 e. The second-order valence-corrected chi connectivity index (χ2v) is 4.18. The van der Waals surface area contributed by atoms with Crippen molar-refractivity contribution < 1.29 is 0 Å². The van der Waals surface area contributed by atoms with Crippen molar-refractivity contribution in [3.05, 3.63) is 0 Å². The third-order valence-electron chi connectivity index (χ3n) is 3.75. The van der Waals surface area contributed by atoms with Gasteiger partial charge in [-0.05, 0) is 31.7 Å². The van der Waals surface area contributed by atoms with Crippen LogP contribution in [0.2, 0.25) is 0 Å². The van der Waals surface area contributed by atoms with E-state index in [4.69, 9.17) is 0 Å². The minimum absolute atomic E-state index is 0.618. The monoisotopic (exact) mass is 153 g/mol. The maximum absolute atomic E-state index is 3.66. The molecular weight excluding hydrogens is 134 g/mol. The van der Waals surface area contributed by atoms with Crippen LogP contribution in [-0.4, -0.2) is 12.1 Å². The van der Waals surface area contributed by atoms with E-state index in [1.165, 1.54) is 45.1 Å². The molecule has 0 amide bonds. The van der Waals surface area contributed by atoms with Crippen LogP contribution >= 0.6 is 0 Å². The van der Waals surface area contributed by atoms with Gasteiger partial charge in [0, 0.05) is 5.54 Å². The van der Waals surface area contributed by atoms with Gasteiger partial charge in [-0.1, -0.05) is 26.2 Å². The van der Waals surface area contributed by atoms with Gasteiger partial charge in [-0.2, -0.15) is 0 Å². The Bertz CT molecular complexity index is 138. The van der Waals surface area contributed by atoms with Crippen molar-refractivity contribution in [1.29, 1.82) is 0 Å². The first-order valence-electron chi connectivity index (χ1n) is 5.12. The molecule has 1 heteroatoms. The van der Waals surface area contributed by atoms with Gasteiger partial charge in [-0.15, -0.1) is 0 Å². The summed E-state index contributed by atoms with van der Waals surface area (Å²) in [5.41, 5.74) is 0.618. The van der Waals surface area contributed by atoms with Crippen LogP contribution in [0.4, 0.5) is 0 Å². The molecular formula is C10H19N. The lowest BCUT2D eigenvalue weighted by atomic mass is 9.66. The SMILES string of the molecule is CCC1CCCCC12CCN2. The first kappa shape index (κ1) is 7.60. The Hall–Kier alpha value is -0.0400. The molecule has 11 heavy (non-hydrogen) atoms. The molecule has 1 N–H and O–H groups in total. The molecule has 64 valence electrons. The largest absolute Gasteiger partial charge is 0.311 e. The lowest BCUT2D eigenvalue weighted by molar-refractivity contribution is 0.0687. The van der Waals surface area contributed by atoms with Crippen molar-refractivity contribution >= 4 is 0 Å². The van der Waals surface area contributed by atoms with Crippen LogP contribution in [0.5, 0.6) is 0 Å². The summed E-state index contributed by atoms with van der Waals surface area (Å²) in [6, 6.07) is 0. The van der Waals surface area contributed by atoms with Gasteiger partial charge in [0.15, 0.2) is 0 Å². The molecule has 2 unspecified atom stereocenters. The molecule has 2 atom stereocenters. The summed E-state index contributed by atoms with van der Waals surface area (Å²) < 4.78 is 0. The van der Waals surface area contributed by atoms with E-state index in [9.17, 15) is 0 Å². The molecule has 2 fully saturated rings. The van der Waals surface area contributed by atoms with Crippen molar-refractivity contribution in [3.63, 3.8) is 0 Å². The predicted octanol–water partition coefficient (Wildman–Crippen LogP) is 2.32. The highest BCUT2D eigenvalue weighted by molar-refractivity contribution is 5.02. The van der Waals surface area contributed by atoms with Gasteiger partial charge in [0.05, 0.1) is 0 Å². The Morgan fingerprint density at radius 1 is 1.36 bits per heavy atom. The third kappa shape index (κ3) is 1.10. The first-order valence-corrected chi connectivity index (χ1v) is 5.12. The van der Waals surface area contributed by atoms with E-state index in [1.54, 1.807) is 0 Å². The molecule has 2 rings (SSSR count). The molecule has 1 heterocycles. The lowest BCUT2D eigenvalue weighted by Gasteiger charge is -2.51. The van der Waals surface area contributed by atoms with Gasteiger partial charge in [-0.25, -0.2) is 0 Å². The maximum atomic E-state index is 3.66. The molecule has 2 aliphatic rings. The Balaban J connectivity index is 2.02. The van der Waals surface area contributed by atoms with Crippen molar-refractivity contribution in [2.24, 2.45) is 5.92 Å². The van der Waals surface area contributed by atoms with Crippen molar-refractivity contribution in [2.45, 2.75) is 51.0 Å². The number of hydrogen-bond acceptors (Lipinski definition) is 1. The molecule has 1 nitrogen and oxygen atoms in total. The van der Waals surface area contributed by atoms with E-state index in [-0.39, 0.29) is 0 Å². The summed E-state index contributed by atoms with van der Waals surface area (Å²) in [5, 5.41) is 3.66. The number of hydrogen-bond donors (Lipinski definition) is 1. The summed E-state index contributed by atoms with van der Waals surface area (Å²) >= 11 is 0. The van der Waals surface area contributed by atoms with Crippen LogP contribution in [0.15, 0.2) is 0 Å². The number of nitrogens with one attached hydrogen (secondary N) is 1. The van der Waals surface area contributed by atoms with Crippen molar-refractivity contribution in [1.82, 2.24) is 5.32 Å². The highest BCUT2D eigenvalue weighted by Gasteiger charge is 2.43. The summed E-state index contributed by atoms with van der Waals surface area (Å²) in [6.45, 7) is 3.62. The van der Waals surface area contributed by atoms with E-state index in [0.717, 1.165) is 5.92 Å². The van der Waals surface area contributed by atoms with E-state index >= 15 is 0 Å². The maximum Gasteiger partial charge on any atom is 0.0221 e. The first-order chi connectivity index (χ1) is 5.37. The van der Waals surface area contributed by atoms with Crippen LogP contribution in [0, 0.1) is 5.92 Å². The molecule has 0 aromatic heterocycles. The third-order valence-corrected chi connectivity index (χ3v) is 3.75. The Kier molecular flexibility index (Phi) is 1.92. The summed E-state index contributed by atoms with van der Waals surface area (Å²) in [7, 11) is 0. The predicted molar refractivity (Wildman–Crippen MR) is 47.6 cm³/mol. The average Bonchev–Trinajstić information content (AvgIpc) is 2.01. The highest BCUT2D eigenvalue weighted by Crippen LogP contribution is 2.41. The smallest absolute Gasteiger partial charge is 0.0221 e. The normalized spacial score (nSPS) is 43.9. The fraction of sp³-hybridized carbons (Fsp3) is 1.00. The summed E-state index contributed by atoms with van der Waals surface area (Å²) in [6.07, 6.45) is 8.69. The molecule has 1 saturated carbocycles. The van der Waals surface area contributed by atoms with Crippen LogP contribution in [0.1, 0.15) is 45.4 Å². The lowest BCUT2D eigenvalue weighted by Crippen LogP contribution is -2.62. The molecule has 0 aromatic rings. The zero-order valence-electron chi connectivity index (χ0n) is 7.53. The number of rotatable bonds is 1. The summed E-state index contributed by atoms with van der Waals surface area (Å²) in [5.74, 6) is 0.991. The minimum atomic E-state index is 0.618. The standard InChI is InChI=1S/C10H19N/c1-2-9-5-3-4-6-10(9)7-8-11-10/h9,11H,2-8H2,1H3. The van der Waals surface area contributed by atoms with E-state index in [1.807, 2.05) is 0 Å². The van der Waals surface area contributed by atoms with E-state index in [2.05, 4.69) is 12.2 Å². The Labute approximate surface area is 69.6 Å².